The van der Waals surface area contributed by atoms with E-state index in [9.17, 15) is 4.79 Å². The van der Waals surface area contributed by atoms with Gasteiger partial charge in [0, 0.05) is 18.7 Å². The van der Waals surface area contributed by atoms with Crippen molar-refractivity contribution >= 4 is 16.9 Å². The Morgan fingerprint density at radius 1 is 1.14 bits per heavy atom. The number of nitrogens with zero attached hydrogens (tertiary/aromatic N) is 2. The zero-order valence-electron chi connectivity index (χ0n) is 16.4. The predicted octanol–water partition coefficient (Wildman–Crippen LogP) is 4.49. The van der Waals surface area contributed by atoms with Crippen LogP contribution in [0.15, 0.2) is 48.5 Å². The number of aryl methyl sites for hydroxylation is 2. The van der Waals surface area contributed by atoms with Crippen molar-refractivity contribution < 1.29 is 9.53 Å². The molecule has 0 bridgehead atoms. The molecule has 1 fully saturated rings. The zero-order valence-corrected chi connectivity index (χ0v) is 16.4. The SMILES string of the molecule is Cc1nc2ccccc2n1CCCNC(=O)c1ccc(OC2CCCC2)cc1. The normalized spacial score (nSPS) is 14.5. The molecule has 1 saturated carbocycles. The summed E-state index contributed by atoms with van der Waals surface area (Å²) in [6, 6.07) is 15.6. The van der Waals surface area contributed by atoms with Gasteiger partial charge in [-0.15, -0.1) is 0 Å². The topological polar surface area (TPSA) is 56.2 Å². The number of rotatable bonds is 7. The van der Waals surface area contributed by atoms with E-state index < -0.39 is 0 Å². The van der Waals surface area contributed by atoms with Crippen molar-refractivity contribution in [3.8, 4) is 5.75 Å². The molecular weight excluding hydrogens is 350 g/mol. The van der Waals surface area contributed by atoms with Crippen LogP contribution in [-0.2, 0) is 6.54 Å². The lowest BCUT2D eigenvalue weighted by atomic mass is 10.2. The molecule has 0 saturated heterocycles. The summed E-state index contributed by atoms with van der Waals surface area (Å²) < 4.78 is 8.16. The molecule has 5 nitrogen and oxygen atoms in total. The van der Waals surface area contributed by atoms with Gasteiger partial charge in [0.15, 0.2) is 0 Å². The van der Waals surface area contributed by atoms with Crippen LogP contribution in [0.1, 0.15) is 48.3 Å². The van der Waals surface area contributed by atoms with E-state index >= 15 is 0 Å². The van der Waals surface area contributed by atoms with Gasteiger partial charge in [-0.1, -0.05) is 12.1 Å². The third-order valence-corrected chi connectivity index (χ3v) is 5.41. The van der Waals surface area contributed by atoms with E-state index in [1.807, 2.05) is 49.4 Å². The van der Waals surface area contributed by atoms with Crippen LogP contribution >= 0.6 is 0 Å². The maximum Gasteiger partial charge on any atom is 0.251 e. The molecule has 0 radical (unpaired) electrons. The molecule has 146 valence electrons. The Morgan fingerprint density at radius 2 is 1.89 bits per heavy atom. The first kappa shape index (κ1) is 18.5. The highest BCUT2D eigenvalue weighted by Crippen LogP contribution is 2.24. The van der Waals surface area contributed by atoms with Gasteiger partial charge in [-0.3, -0.25) is 4.79 Å². The number of ether oxygens (including phenoxy) is 1. The highest BCUT2D eigenvalue weighted by atomic mass is 16.5. The van der Waals surface area contributed by atoms with Crippen LogP contribution in [0.5, 0.6) is 5.75 Å². The highest BCUT2D eigenvalue weighted by molar-refractivity contribution is 5.94. The van der Waals surface area contributed by atoms with Crippen LogP contribution in [0.3, 0.4) is 0 Å². The van der Waals surface area contributed by atoms with Crippen molar-refractivity contribution in [2.75, 3.05) is 6.54 Å². The molecule has 0 atom stereocenters. The number of benzene rings is 2. The second-order valence-electron chi connectivity index (χ2n) is 7.46. The number of aromatic nitrogens is 2. The second kappa shape index (κ2) is 8.46. The van der Waals surface area contributed by atoms with E-state index in [1.165, 1.54) is 12.8 Å². The fraction of sp³-hybridized carbons (Fsp3) is 0.391. The van der Waals surface area contributed by atoms with Crippen molar-refractivity contribution in [2.24, 2.45) is 0 Å². The summed E-state index contributed by atoms with van der Waals surface area (Å²) in [7, 11) is 0. The van der Waals surface area contributed by atoms with Gasteiger partial charge in [-0.05, 0) is 75.4 Å². The number of carbonyl (C=O) groups excluding carboxylic acids is 1. The van der Waals surface area contributed by atoms with Crippen molar-refractivity contribution in [1.82, 2.24) is 14.9 Å². The molecular formula is C23H27N3O2. The van der Waals surface area contributed by atoms with Gasteiger partial charge in [-0.2, -0.15) is 0 Å². The van der Waals surface area contributed by atoms with E-state index in [4.69, 9.17) is 4.74 Å². The molecule has 1 aliphatic rings. The Labute approximate surface area is 165 Å². The number of hydrogen-bond donors (Lipinski definition) is 1. The molecule has 0 unspecified atom stereocenters. The maximum atomic E-state index is 12.4. The summed E-state index contributed by atoms with van der Waals surface area (Å²) in [6.07, 6.45) is 5.96. The number of hydrogen-bond acceptors (Lipinski definition) is 3. The van der Waals surface area contributed by atoms with Gasteiger partial charge in [0.25, 0.3) is 5.91 Å². The molecule has 28 heavy (non-hydrogen) atoms. The lowest BCUT2D eigenvalue weighted by Crippen LogP contribution is -2.25. The van der Waals surface area contributed by atoms with E-state index in [0.717, 1.165) is 48.4 Å². The van der Waals surface area contributed by atoms with E-state index in [-0.39, 0.29) is 5.91 Å². The second-order valence-corrected chi connectivity index (χ2v) is 7.46. The van der Waals surface area contributed by atoms with E-state index in [1.54, 1.807) is 0 Å². The van der Waals surface area contributed by atoms with Gasteiger partial charge in [0.2, 0.25) is 0 Å². The average Bonchev–Trinajstić information content (AvgIpc) is 3.33. The van der Waals surface area contributed by atoms with E-state index in [2.05, 4.69) is 20.9 Å². The molecule has 5 heteroatoms. The van der Waals surface area contributed by atoms with Crippen LogP contribution in [0.4, 0.5) is 0 Å². The Kier molecular flexibility index (Phi) is 5.60. The van der Waals surface area contributed by atoms with Crippen LogP contribution in [-0.4, -0.2) is 28.1 Å². The third kappa shape index (κ3) is 4.19. The highest BCUT2D eigenvalue weighted by Gasteiger charge is 2.16. The number of imidazole rings is 1. The fourth-order valence-corrected chi connectivity index (χ4v) is 3.90. The number of nitrogens with one attached hydrogen (secondary N) is 1. The quantitative estimate of drug-likeness (QED) is 0.618. The molecule has 1 heterocycles. The van der Waals surface area contributed by atoms with Crippen LogP contribution in [0, 0.1) is 6.92 Å². The number of para-hydroxylation sites is 2. The summed E-state index contributed by atoms with van der Waals surface area (Å²) in [5.41, 5.74) is 2.83. The van der Waals surface area contributed by atoms with Crippen LogP contribution in [0.2, 0.25) is 0 Å². The predicted molar refractivity (Wildman–Crippen MR) is 111 cm³/mol. The molecule has 0 spiro atoms. The van der Waals surface area contributed by atoms with Crippen molar-refractivity contribution in [1.29, 1.82) is 0 Å². The lowest BCUT2D eigenvalue weighted by molar-refractivity contribution is 0.0952. The van der Waals surface area contributed by atoms with Crippen molar-refractivity contribution in [3.05, 3.63) is 59.9 Å². The Hall–Kier alpha value is -2.82. The van der Waals surface area contributed by atoms with Crippen molar-refractivity contribution in [3.63, 3.8) is 0 Å². The summed E-state index contributed by atoms with van der Waals surface area (Å²) >= 11 is 0. The van der Waals surface area contributed by atoms with E-state index in [0.29, 0.717) is 18.2 Å². The Morgan fingerprint density at radius 3 is 2.68 bits per heavy atom. The number of fused-ring (bicyclic) bond motifs is 1. The first-order valence-corrected chi connectivity index (χ1v) is 10.2. The van der Waals surface area contributed by atoms with Gasteiger partial charge in [0.1, 0.15) is 11.6 Å². The fourth-order valence-electron chi connectivity index (χ4n) is 3.90. The smallest absolute Gasteiger partial charge is 0.251 e. The minimum Gasteiger partial charge on any atom is -0.490 e. The lowest BCUT2D eigenvalue weighted by Gasteiger charge is -2.13. The van der Waals surface area contributed by atoms with Crippen molar-refractivity contribution in [2.45, 2.75) is 51.7 Å². The summed E-state index contributed by atoms with van der Waals surface area (Å²) in [4.78, 5) is 17.0. The molecule has 1 aromatic heterocycles. The molecule has 0 aliphatic heterocycles. The number of amides is 1. The zero-order chi connectivity index (χ0) is 19.3. The minimum absolute atomic E-state index is 0.0420. The van der Waals surface area contributed by atoms with Gasteiger partial charge >= 0.3 is 0 Å². The maximum absolute atomic E-state index is 12.4. The first-order chi connectivity index (χ1) is 13.7. The first-order valence-electron chi connectivity index (χ1n) is 10.2. The standard InChI is InChI=1S/C23H27N3O2/c1-17-25-21-9-4-5-10-22(21)26(17)16-6-15-24-23(27)18-11-13-20(14-12-18)28-19-7-2-3-8-19/h4-5,9-14,19H,2-3,6-8,15-16H2,1H3,(H,24,27). The molecule has 1 amide bonds. The summed E-state index contributed by atoms with van der Waals surface area (Å²) in [5.74, 6) is 1.82. The largest absolute Gasteiger partial charge is 0.490 e. The third-order valence-electron chi connectivity index (χ3n) is 5.41. The average molecular weight is 377 g/mol. The van der Waals surface area contributed by atoms with Gasteiger partial charge in [-0.25, -0.2) is 4.98 Å². The number of carbonyl (C=O) groups is 1. The Balaban J connectivity index is 1.26. The molecule has 4 rings (SSSR count). The summed E-state index contributed by atoms with van der Waals surface area (Å²) in [5, 5.41) is 3.01. The molecule has 1 N–H and O–H groups in total. The van der Waals surface area contributed by atoms with Crippen LogP contribution in [0.25, 0.3) is 11.0 Å². The monoisotopic (exact) mass is 377 g/mol. The molecule has 3 aromatic rings. The minimum atomic E-state index is -0.0420. The van der Waals surface area contributed by atoms with Gasteiger partial charge in [0.05, 0.1) is 17.1 Å². The molecule has 2 aromatic carbocycles. The summed E-state index contributed by atoms with van der Waals surface area (Å²) in [6.45, 7) is 3.49. The Bertz CT molecular complexity index is 940. The molecule has 1 aliphatic carbocycles. The van der Waals surface area contributed by atoms with Gasteiger partial charge < -0.3 is 14.6 Å². The van der Waals surface area contributed by atoms with Crippen LogP contribution < -0.4 is 10.1 Å².